The number of hydrogen-bond acceptors (Lipinski definition) is 2. The predicted octanol–water partition coefficient (Wildman–Crippen LogP) is 1.57. The Hall–Kier alpha value is -1.58. The van der Waals surface area contributed by atoms with Gasteiger partial charge in [0, 0.05) is 12.7 Å². The molecule has 0 saturated carbocycles. The van der Waals surface area contributed by atoms with Gasteiger partial charge in [0.25, 0.3) is 0 Å². The molecule has 0 fully saturated rings. The van der Waals surface area contributed by atoms with Crippen LogP contribution < -0.4 is 5.32 Å². The summed E-state index contributed by atoms with van der Waals surface area (Å²) < 4.78 is 12.7. The summed E-state index contributed by atoms with van der Waals surface area (Å²) in [7, 11) is 1.60. The van der Waals surface area contributed by atoms with Crippen molar-refractivity contribution in [3.63, 3.8) is 0 Å². The number of carbonyl (C=O) groups is 1. The van der Waals surface area contributed by atoms with Gasteiger partial charge in [0.05, 0.1) is 5.56 Å². The molecule has 0 unspecified atom stereocenters. The molecule has 0 aliphatic carbocycles. The first-order valence-corrected chi connectivity index (χ1v) is 3.35. The van der Waals surface area contributed by atoms with Gasteiger partial charge in [0.2, 0.25) is 0 Å². The lowest BCUT2D eigenvalue weighted by molar-refractivity contribution is 0.0696. The van der Waals surface area contributed by atoms with E-state index in [-0.39, 0.29) is 5.56 Å². The van der Waals surface area contributed by atoms with Crippen molar-refractivity contribution in [3.8, 4) is 0 Å². The van der Waals surface area contributed by atoms with E-state index >= 15 is 0 Å². The van der Waals surface area contributed by atoms with Gasteiger partial charge in [0.1, 0.15) is 5.82 Å². The third-order valence-corrected chi connectivity index (χ3v) is 1.43. The number of aromatic carboxylic acids is 1. The van der Waals surface area contributed by atoms with Crippen molar-refractivity contribution in [1.29, 1.82) is 0 Å². The summed E-state index contributed by atoms with van der Waals surface area (Å²) >= 11 is 0. The number of hydrogen-bond donors (Lipinski definition) is 2. The smallest absolute Gasteiger partial charge is 0.335 e. The largest absolute Gasteiger partial charge is 0.478 e. The number of rotatable bonds is 2. The highest BCUT2D eigenvalue weighted by molar-refractivity contribution is 5.88. The molecule has 1 rings (SSSR count). The fourth-order valence-electron chi connectivity index (χ4n) is 0.857. The Kier molecular flexibility index (Phi) is 2.28. The molecule has 2 N–H and O–H groups in total. The van der Waals surface area contributed by atoms with E-state index in [0.29, 0.717) is 5.69 Å². The molecule has 0 aliphatic heterocycles. The van der Waals surface area contributed by atoms with E-state index in [0.717, 1.165) is 6.07 Å². The molecule has 3 nitrogen and oxygen atoms in total. The molecule has 0 amide bonds. The minimum absolute atomic E-state index is 0.0562. The Balaban J connectivity index is 3.15. The number of benzene rings is 1. The van der Waals surface area contributed by atoms with E-state index in [1.807, 2.05) is 0 Å². The first-order valence-electron chi connectivity index (χ1n) is 3.35. The minimum Gasteiger partial charge on any atom is -0.478 e. The summed E-state index contributed by atoms with van der Waals surface area (Å²) in [5.41, 5.74) is 0.395. The van der Waals surface area contributed by atoms with Gasteiger partial charge in [-0.1, -0.05) is 0 Å². The van der Waals surface area contributed by atoms with Gasteiger partial charge in [0.15, 0.2) is 0 Å². The van der Waals surface area contributed by atoms with Gasteiger partial charge < -0.3 is 10.4 Å². The lowest BCUT2D eigenvalue weighted by atomic mass is 10.2. The summed E-state index contributed by atoms with van der Waals surface area (Å²) in [4.78, 5) is 10.4. The van der Waals surface area contributed by atoms with Gasteiger partial charge in [-0.15, -0.1) is 0 Å². The number of anilines is 1. The quantitative estimate of drug-likeness (QED) is 0.706. The van der Waals surface area contributed by atoms with Crippen LogP contribution in [0, 0.1) is 5.82 Å². The zero-order valence-corrected chi connectivity index (χ0v) is 6.47. The predicted molar refractivity (Wildman–Crippen MR) is 42.9 cm³/mol. The molecular weight excluding hydrogens is 161 g/mol. The molecule has 0 aliphatic rings. The molecule has 64 valence electrons. The summed E-state index contributed by atoms with van der Waals surface area (Å²) in [6.07, 6.45) is 0. The fourth-order valence-corrected chi connectivity index (χ4v) is 0.857. The second-order valence-electron chi connectivity index (χ2n) is 2.28. The standard InChI is InChI=1S/C8H8FNO2/c1-10-7-3-5(8(11)12)2-6(9)4-7/h2-4,10H,1H3,(H,11,12). The van der Waals surface area contributed by atoms with Crippen LogP contribution in [0.1, 0.15) is 10.4 Å². The van der Waals surface area contributed by atoms with Crippen molar-refractivity contribution in [1.82, 2.24) is 0 Å². The monoisotopic (exact) mass is 169 g/mol. The van der Waals surface area contributed by atoms with Gasteiger partial charge in [-0.2, -0.15) is 0 Å². The number of nitrogens with one attached hydrogen (secondary N) is 1. The van der Waals surface area contributed by atoms with Gasteiger partial charge in [-0.25, -0.2) is 9.18 Å². The number of carboxylic acid groups (broad SMARTS) is 1. The van der Waals surface area contributed by atoms with Crippen molar-refractivity contribution in [3.05, 3.63) is 29.6 Å². The van der Waals surface area contributed by atoms with Crippen molar-refractivity contribution >= 4 is 11.7 Å². The van der Waals surface area contributed by atoms with Crippen LogP contribution in [0.4, 0.5) is 10.1 Å². The van der Waals surface area contributed by atoms with E-state index in [2.05, 4.69) is 5.32 Å². The van der Waals surface area contributed by atoms with Crippen LogP contribution in [0.25, 0.3) is 0 Å². The first-order chi connectivity index (χ1) is 5.63. The fraction of sp³-hybridized carbons (Fsp3) is 0.125. The number of carboxylic acids is 1. The summed E-state index contributed by atoms with van der Waals surface area (Å²) in [6, 6.07) is 3.57. The maximum atomic E-state index is 12.7. The Morgan fingerprint density at radius 3 is 2.67 bits per heavy atom. The van der Waals surface area contributed by atoms with Crippen molar-refractivity contribution in [2.45, 2.75) is 0 Å². The van der Waals surface area contributed by atoms with E-state index in [1.165, 1.54) is 12.1 Å². The van der Waals surface area contributed by atoms with Crippen LogP contribution >= 0.6 is 0 Å². The summed E-state index contributed by atoms with van der Waals surface area (Å²) in [6.45, 7) is 0. The van der Waals surface area contributed by atoms with Crippen LogP contribution in [0.5, 0.6) is 0 Å². The Labute approximate surface area is 68.8 Å². The van der Waals surface area contributed by atoms with Gasteiger partial charge in [-0.3, -0.25) is 0 Å². The average molecular weight is 169 g/mol. The van der Waals surface area contributed by atoms with Crippen LogP contribution in [0.3, 0.4) is 0 Å². The molecule has 0 heterocycles. The van der Waals surface area contributed by atoms with Gasteiger partial charge >= 0.3 is 5.97 Å². The van der Waals surface area contributed by atoms with Crippen LogP contribution in [0.2, 0.25) is 0 Å². The molecule has 0 aromatic heterocycles. The van der Waals surface area contributed by atoms with Crippen molar-refractivity contribution in [2.75, 3.05) is 12.4 Å². The number of halogens is 1. The maximum absolute atomic E-state index is 12.7. The SMILES string of the molecule is CNc1cc(F)cc(C(=O)O)c1. The zero-order chi connectivity index (χ0) is 9.14. The molecule has 1 aromatic rings. The van der Waals surface area contributed by atoms with Crippen molar-refractivity contribution in [2.24, 2.45) is 0 Å². The van der Waals surface area contributed by atoms with Gasteiger partial charge in [-0.05, 0) is 18.2 Å². The lowest BCUT2D eigenvalue weighted by Gasteiger charge is -2.01. The first kappa shape index (κ1) is 8.52. The molecule has 0 saturated heterocycles. The highest BCUT2D eigenvalue weighted by Gasteiger charge is 2.05. The molecule has 0 spiro atoms. The Morgan fingerprint density at radius 1 is 1.50 bits per heavy atom. The molecule has 0 atom stereocenters. The van der Waals surface area contributed by atoms with E-state index in [9.17, 15) is 9.18 Å². The van der Waals surface area contributed by atoms with E-state index in [1.54, 1.807) is 7.05 Å². The van der Waals surface area contributed by atoms with Crippen LogP contribution in [-0.4, -0.2) is 18.1 Å². The summed E-state index contributed by atoms with van der Waals surface area (Å²) in [5.74, 6) is -1.69. The third kappa shape index (κ3) is 1.72. The zero-order valence-electron chi connectivity index (χ0n) is 6.47. The Bertz CT molecular complexity index is 312. The minimum atomic E-state index is -1.13. The molecule has 0 bridgehead atoms. The molecule has 4 heteroatoms. The van der Waals surface area contributed by atoms with E-state index < -0.39 is 11.8 Å². The third-order valence-electron chi connectivity index (χ3n) is 1.43. The van der Waals surface area contributed by atoms with Crippen LogP contribution in [-0.2, 0) is 0 Å². The summed E-state index contributed by atoms with van der Waals surface area (Å²) in [5, 5.41) is 11.2. The topological polar surface area (TPSA) is 49.3 Å². The maximum Gasteiger partial charge on any atom is 0.335 e. The molecule has 1 aromatic carbocycles. The van der Waals surface area contributed by atoms with Crippen molar-refractivity contribution < 1.29 is 14.3 Å². The normalized spacial score (nSPS) is 9.50. The second kappa shape index (κ2) is 3.21. The highest BCUT2D eigenvalue weighted by Crippen LogP contribution is 2.12. The molecule has 12 heavy (non-hydrogen) atoms. The average Bonchev–Trinajstić information content (AvgIpc) is 2.03. The van der Waals surface area contributed by atoms with Crippen LogP contribution in [0.15, 0.2) is 18.2 Å². The highest BCUT2D eigenvalue weighted by atomic mass is 19.1. The van der Waals surface area contributed by atoms with E-state index in [4.69, 9.17) is 5.11 Å². The lowest BCUT2D eigenvalue weighted by Crippen LogP contribution is -1.99. The second-order valence-corrected chi connectivity index (χ2v) is 2.28. The molecule has 0 radical (unpaired) electrons. The molecular formula is C8H8FNO2. The Morgan fingerprint density at radius 2 is 2.17 bits per heavy atom.